The van der Waals surface area contributed by atoms with Crippen LogP contribution in [-0.4, -0.2) is 46.1 Å². The van der Waals surface area contributed by atoms with E-state index in [1.807, 2.05) is 0 Å². The molecule has 0 fully saturated rings. The predicted molar refractivity (Wildman–Crippen MR) is 44.8 cm³/mol. The fraction of sp³-hybridized carbons (Fsp3) is 0.500. The van der Waals surface area contributed by atoms with Gasteiger partial charge in [-0.3, -0.25) is 4.79 Å². The Balaban J connectivity index is 2.59. The van der Waals surface area contributed by atoms with Crippen LogP contribution in [0.1, 0.15) is 6.92 Å². The SMILES string of the molecule is CC(=O)OCC(O)[C@H]1OC(=O)C(O)=C1O. The van der Waals surface area contributed by atoms with Crippen LogP contribution in [0, 0.1) is 0 Å². The number of aliphatic hydroxyl groups excluding tert-OH is 3. The fourth-order valence-electron chi connectivity index (χ4n) is 1.02. The third-order valence-corrected chi connectivity index (χ3v) is 1.75. The number of cyclic esters (lactones) is 1. The highest BCUT2D eigenvalue weighted by Gasteiger charge is 2.39. The maximum Gasteiger partial charge on any atom is 0.377 e. The first kappa shape index (κ1) is 11.3. The molecule has 0 saturated heterocycles. The van der Waals surface area contributed by atoms with Crippen molar-refractivity contribution in [3.63, 3.8) is 0 Å². The molecule has 1 unspecified atom stereocenters. The zero-order chi connectivity index (χ0) is 11.6. The van der Waals surface area contributed by atoms with Gasteiger partial charge in [0.1, 0.15) is 12.7 Å². The molecule has 1 heterocycles. The van der Waals surface area contributed by atoms with Crippen molar-refractivity contribution in [3.05, 3.63) is 11.5 Å². The van der Waals surface area contributed by atoms with Crippen LogP contribution >= 0.6 is 0 Å². The summed E-state index contributed by atoms with van der Waals surface area (Å²) in [6, 6.07) is 0. The molecule has 0 radical (unpaired) electrons. The van der Waals surface area contributed by atoms with Gasteiger partial charge in [0.05, 0.1) is 0 Å². The lowest BCUT2D eigenvalue weighted by molar-refractivity contribution is -0.153. The van der Waals surface area contributed by atoms with Crippen LogP contribution in [0.5, 0.6) is 0 Å². The van der Waals surface area contributed by atoms with E-state index < -0.39 is 42.3 Å². The van der Waals surface area contributed by atoms with Crippen molar-refractivity contribution in [1.82, 2.24) is 0 Å². The van der Waals surface area contributed by atoms with E-state index in [0.717, 1.165) is 6.92 Å². The van der Waals surface area contributed by atoms with Crippen LogP contribution < -0.4 is 0 Å². The minimum atomic E-state index is -1.41. The zero-order valence-electron chi connectivity index (χ0n) is 7.84. The number of hydrogen-bond acceptors (Lipinski definition) is 7. The highest BCUT2D eigenvalue weighted by Crippen LogP contribution is 2.21. The van der Waals surface area contributed by atoms with E-state index in [0.29, 0.717) is 0 Å². The van der Waals surface area contributed by atoms with E-state index in [4.69, 9.17) is 10.2 Å². The van der Waals surface area contributed by atoms with Crippen LogP contribution in [0.2, 0.25) is 0 Å². The van der Waals surface area contributed by atoms with E-state index in [2.05, 4.69) is 9.47 Å². The summed E-state index contributed by atoms with van der Waals surface area (Å²) in [5, 5.41) is 27.4. The number of esters is 2. The van der Waals surface area contributed by atoms with Crippen molar-refractivity contribution in [2.45, 2.75) is 19.1 Å². The first-order chi connectivity index (χ1) is 6.93. The lowest BCUT2D eigenvalue weighted by Gasteiger charge is -2.16. The van der Waals surface area contributed by atoms with Gasteiger partial charge in [-0.2, -0.15) is 0 Å². The smallest absolute Gasteiger partial charge is 0.377 e. The molecule has 1 rings (SSSR count). The second kappa shape index (κ2) is 4.18. The summed E-state index contributed by atoms with van der Waals surface area (Å²) < 4.78 is 8.86. The Kier molecular flexibility index (Phi) is 3.15. The normalized spacial score (nSPS) is 22.5. The van der Waals surface area contributed by atoms with E-state index in [1.54, 1.807) is 0 Å². The molecule has 0 aliphatic carbocycles. The van der Waals surface area contributed by atoms with Gasteiger partial charge >= 0.3 is 11.9 Å². The maximum atomic E-state index is 10.7. The molecular formula is C8H10O7. The Morgan fingerprint density at radius 3 is 2.60 bits per heavy atom. The molecule has 1 aliphatic heterocycles. The van der Waals surface area contributed by atoms with Gasteiger partial charge in [-0.25, -0.2) is 4.79 Å². The summed E-state index contributed by atoms with van der Waals surface area (Å²) in [7, 11) is 0. The highest BCUT2D eigenvalue weighted by atomic mass is 16.6. The Labute approximate surface area is 84.5 Å². The number of hydrogen-bond donors (Lipinski definition) is 3. The van der Waals surface area contributed by atoms with Gasteiger partial charge in [-0.1, -0.05) is 0 Å². The van der Waals surface area contributed by atoms with Crippen molar-refractivity contribution >= 4 is 11.9 Å². The molecule has 0 amide bonds. The predicted octanol–water partition coefficient (Wildman–Crippen LogP) is -0.837. The van der Waals surface area contributed by atoms with Gasteiger partial charge in [-0.15, -0.1) is 0 Å². The summed E-state index contributed by atoms with van der Waals surface area (Å²) in [6.45, 7) is 0.700. The average molecular weight is 218 g/mol. The van der Waals surface area contributed by atoms with Crippen LogP contribution in [0.4, 0.5) is 0 Å². The molecule has 1 aliphatic rings. The van der Waals surface area contributed by atoms with E-state index in [1.165, 1.54) is 0 Å². The average Bonchev–Trinajstić information content (AvgIpc) is 2.42. The third-order valence-electron chi connectivity index (χ3n) is 1.75. The molecule has 0 aromatic heterocycles. The molecule has 7 nitrogen and oxygen atoms in total. The van der Waals surface area contributed by atoms with Crippen LogP contribution in [0.25, 0.3) is 0 Å². The van der Waals surface area contributed by atoms with Crippen molar-refractivity contribution in [2.75, 3.05) is 6.61 Å². The maximum absolute atomic E-state index is 10.7. The summed E-state index contributed by atoms with van der Waals surface area (Å²) >= 11 is 0. The summed E-state index contributed by atoms with van der Waals surface area (Å²) in [5.74, 6) is -3.45. The van der Waals surface area contributed by atoms with E-state index in [9.17, 15) is 14.7 Å². The van der Waals surface area contributed by atoms with Gasteiger partial charge in [-0.05, 0) is 0 Å². The van der Waals surface area contributed by atoms with Gasteiger partial charge in [0.15, 0.2) is 11.9 Å². The fourth-order valence-corrected chi connectivity index (χ4v) is 1.02. The van der Waals surface area contributed by atoms with Gasteiger partial charge in [0, 0.05) is 6.92 Å². The topological polar surface area (TPSA) is 113 Å². The number of aliphatic hydroxyl groups is 3. The number of ether oxygens (including phenoxy) is 2. The second-order valence-corrected chi connectivity index (χ2v) is 2.93. The molecule has 3 N–H and O–H groups in total. The zero-order valence-corrected chi connectivity index (χ0v) is 7.84. The molecule has 0 bridgehead atoms. The molecule has 0 saturated carbocycles. The first-order valence-corrected chi connectivity index (χ1v) is 4.08. The number of carbonyl (C=O) groups is 2. The first-order valence-electron chi connectivity index (χ1n) is 4.08. The number of rotatable bonds is 3. The van der Waals surface area contributed by atoms with Gasteiger partial charge in [0.2, 0.25) is 5.76 Å². The molecule has 0 aromatic carbocycles. The van der Waals surface area contributed by atoms with Crippen LogP contribution in [0.15, 0.2) is 11.5 Å². The lowest BCUT2D eigenvalue weighted by atomic mass is 10.2. The Hall–Kier alpha value is -1.76. The van der Waals surface area contributed by atoms with E-state index in [-0.39, 0.29) is 0 Å². The summed E-state index contributed by atoms with van der Waals surface area (Å²) in [5.41, 5.74) is 0. The van der Waals surface area contributed by atoms with Crippen molar-refractivity contribution in [1.29, 1.82) is 0 Å². The minimum absolute atomic E-state index is 0.440. The molecular weight excluding hydrogens is 208 g/mol. The molecule has 0 aromatic rings. The lowest BCUT2D eigenvalue weighted by Crippen LogP contribution is -2.33. The van der Waals surface area contributed by atoms with Crippen LogP contribution in [0.3, 0.4) is 0 Å². The summed E-state index contributed by atoms with van der Waals surface area (Å²) in [6.07, 6.45) is -2.81. The van der Waals surface area contributed by atoms with Crippen molar-refractivity contribution in [2.24, 2.45) is 0 Å². The van der Waals surface area contributed by atoms with Crippen LogP contribution in [-0.2, 0) is 19.1 Å². The van der Waals surface area contributed by atoms with E-state index >= 15 is 0 Å². The Bertz CT molecular complexity index is 319. The summed E-state index contributed by atoms with van der Waals surface area (Å²) in [4.78, 5) is 21.1. The number of carbonyl (C=O) groups excluding carboxylic acids is 2. The monoisotopic (exact) mass is 218 g/mol. The largest absolute Gasteiger partial charge is 0.505 e. The van der Waals surface area contributed by atoms with Gasteiger partial charge < -0.3 is 24.8 Å². The highest BCUT2D eigenvalue weighted by molar-refractivity contribution is 5.89. The van der Waals surface area contributed by atoms with Crippen molar-refractivity contribution in [3.8, 4) is 0 Å². The second-order valence-electron chi connectivity index (χ2n) is 2.93. The Morgan fingerprint density at radius 1 is 1.60 bits per heavy atom. The molecule has 15 heavy (non-hydrogen) atoms. The minimum Gasteiger partial charge on any atom is -0.505 e. The quantitative estimate of drug-likeness (QED) is 0.529. The van der Waals surface area contributed by atoms with Crippen molar-refractivity contribution < 1.29 is 34.4 Å². The molecule has 84 valence electrons. The molecule has 7 heteroatoms. The molecule has 2 atom stereocenters. The molecule has 0 spiro atoms. The standard InChI is InChI=1S/C8H10O7/c1-3(9)14-2-4(10)7-5(11)6(12)8(13)15-7/h4,7,10-12H,2H2,1H3/t4?,7-/m1/s1. The third kappa shape index (κ3) is 2.38. The Morgan fingerprint density at radius 2 is 2.20 bits per heavy atom. The van der Waals surface area contributed by atoms with Gasteiger partial charge in [0.25, 0.3) is 0 Å².